The van der Waals surface area contributed by atoms with Crippen molar-refractivity contribution in [3.8, 4) is 0 Å². The largest absolute Gasteiger partial charge is 0.465 e. The number of methoxy groups -OCH3 is 1. The molecule has 1 unspecified atom stereocenters. The van der Waals surface area contributed by atoms with Gasteiger partial charge < -0.3 is 19.4 Å². The van der Waals surface area contributed by atoms with Gasteiger partial charge in [-0.25, -0.2) is 4.79 Å². The van der Waals surface area contributed by atoms with E-state index in [1.165, 1.54) is 12.7 Å². The number of carbonyl (C=O) groups is 1. The van der Waals surface area contributed by atoms with Crippen molar-refractivity contribution in [2.24, 2.45) is 7.05 Å². The minimum Gasteiger partial charge on any atom is -0.465 e. The number of ether oxygens (including phenoxy) is 2. The second kappa shape index (κ2) is 5.87. The molecule has 1 atom stereocenters. The molecule has 1 N–H and O–H groups in total. The molecular formula is C16H20N2O3. The molecule has 21 heavy (non-hydrogen) atoms. The third-order valence-corrected chi connectivity index (χ3v) is 3.96. The summed E-state index contributed by atoms with van der Waals surface area (Å²) in [7, 11) is 3.43. The van der Waals surface area contributed by atoms with Crippen molar-refractivity contribution in [3.05, 3.63) is 35.5 Å². The Kier molecular flexibility index (Phi) is 3.94. The normalized spacial score (nSPS) is 18.9. The summed E-state index contributed by atoms with van der Waals surface area (Å²) in [5.41, 5.74) is 2.93. The number of aromatic nitrogens is 1. The summed E-state index contributed by atoms with van der Waals surface area (Å²) in [4.78, 5) is 11.7. The van der Waals surface area contributed by atoms with Gasteiger partial charge in [0.15, 0.2) is 0 Å². The van der Waals surface area contributed by atoms with Crippen molar-refractivity contribution in [2.75, 3.05) is 26.9 Å². The van der Waals surface area contributed by atoms with Crippen molar-refractivity contribution in [2.45, 2.75) is 12.5 Å². The van der Waals surface area contributed by atoms with Crippen LogP contribution in [-0.2, 0) is 22.9 Å². The van der Waals surface area contributed by atoms with Gasteiger partial charge in [-0.1, -0.05) is 0 Å². The maximum atomic E-state index is 11.7. The zero-order valence-electron chi connectivity index (χ0n) is 12.4. The molecule has 3 rings (SSSR count). The summed E-state index contributed by atoms with van der Waals surface area (Å²) in [6.45, 7) is 2.40. The molecule has 112 valence electrons. The Balaban J connectivity index is 1.95. The van der Waals surface area contributed by atoms with Gasteiger partial charge in [0.05, 0.1) is 25.9 Å². The lowest BCUT2D eigenvalue weighted by Gasteiger charge is -2.23. The van der Waals surface area contributed by atoms with E-state index in [9.17, 15) is 4.79 Å². The fraction of sp³-hybridized carbons (Fsp3) is 0.438. The van der Waals surface area contributed by atoms with Crippen LogP contribution >= 0.6 is 0 Å². The van der Waals surface area contributed by atoms with Gasteiger partial charge in [0.2, 0.25) is 0 Å². The first-order valence-electron chi connectivity index (χ1n) is 7.16. The molecule has 0 radical (unpaired) electrons. The van der Waals surface area contributed by atoms with Crippen molar-refractivity contribution in [1.82, 2.24) is 9.88 Å². The van der Waals surface area contributed by atoms with E-state index in [1.54, 1.807) is 6.07 Å². The minimum absolute atomic E-state index is 0.300. The van der Waals surface area contributed by atoms with Crippen LogP contribution < -0.4 is 5.32 Å². The standard InChI is InChI=1S/C16H20N2O3/c1-18-9-12(7-13-10-21-6-5-17-13)14-8-11(16(19)20-2)3-4-15(14)18/h3-4,8-9,13,17H,5-7,10H2,1-2H3. The number of morpholine rings is 1. The number of benzene rings is 1. The highest BCUT2D eigenvalue weighted by Gasteiger charge is 2.17. The third kappa shape index (κ3) is 2.80. The Labute approximate surface area is 123 Å². The van der Waals surface area contributed by atoms with Gasteiger partial charge in [0, 0.05) is 36.7 Å². The van der Waals surface area contributed by atoms with Crippen LogP contribution in [0.2, 0.25) is 0 Å². The van der Waals surface area contributed by atoms with E-state index in [1.807, 2.05) is 19.2 Å². The van der Waals surface area contributed by atoms with Crippen molar-refractivity contribution in [1.29, 1.82) is 0 Å². The number of nitrogens with one attached hydrogen (secondary N) is 1. The molecule has 0 saturated carbocycles. The van der Waals surface area contributed by atoms with E-state index in [-0.39, 0.29) is 5.97 Å². The number of aryl methyl sites for hydroxylation is 1. The van der Waals surface area contributed by atoms with Gasteiger partial charge in [-0.15, -0.1) is 0 Å². The predicted molar refractivity (Wildman–Crippen MR) is 80.6 cm³/mol. The Morgan fingerprint density at radius 3 is 3.10 bits per heavy atom. The number of carbonyl (C=O) groups excluding carboxylic acids is 1. The van der Waals surface area contributed by atoms with E-state index < -0.39 is 0 Å². The smallest absolute Gasteiger partial charge is 0.337 e. The minimum atomic E-state index is -0.300. The topological polar surface area (TPSA) is 52.5 Å². The van der Waals surface area contributed by atoms with E-state index >= 15 is 0 Å². The Bertz CT molecular complexity index is 657. The van der Waals surface area contributed by atoms with E-state index in [0.717, 1.165) is 37.1 Å². The summed E-state index contributed by atoms with van der Waals surface area (Å²) in [5.74, 6) is -0.300. The number of rotatable bonds is 3. The number of esters is 1. The highest BCUT2D eigenvalue weighted by molar-refractivity contribution is 5.95. The van der Waals surface area contributed by atoms with E-state index in [0.29, 0.717) is 11.6 Å². The van der Waals surface area contributed by atoms with Crippen LogP contribution in [0.1, 0.15) is 15.9 Å². The zero-order valence-corrected chi connectivity index (χ0v) is 12.4. The second-order valence-electron chi connectivity index (χ2n) is 5.42. The fourth-order valence-corrected chi connectivity index (χ4v) is 2.90. The van der Waals surface area contributed by atoms with Crippen LogP contribution in [-0.4, -0.2) is 43.4 Å². The molecule has 1 fully saturated rings. The van der Waals surface area contributed by atoms with Crippen LogP contribution in [0.15, 0.2) is 24.4 Å². The first-order chi connectivity index (χ1) is 10.2. The van der Waals surface area contributed by atoms with E-state index in [4.69, 9.17) is 9.47 Å². The maximum absolute atomic E-state index is 11.7. The van der Waals surface area contributed by atoms with Gasteiger partial charge in [-0.05, 0) is 30.2 Å². The summed E-state index contributed by atoms with van der Waals surface area (Å²) in [6.07, 6.45) is 3.02. The van der Waals surface area contributed by atoms with Gasteiger partial charge >= 0.3 is 5.97 Å². The first-order valence-corrected chi connectivity index (χ1v) is 7.16. The van der Waals surface area contributed by atoms with Crippen LogP contribution in [0, 0.1) is 0 Å². The molecular weight excluding hydrogens is 268 g/mol. The molecule has 2 heterocycles. The quantitative estimate of drug-likeness (QED) is 0.870. The second-order valence-corrected chi connectivity index (χ2v) is 5.42. The first kappa shape index (κ1) is 14.1. The highest BCUT2D eigenvalue weighted by atomic mass is 16.5. The molecule has 0 aliphatic carbocycles. The number of hydrogen-bond acceptors (Lipinski definition) is 4. The number of hydrogen-bond donors (Lipinski definition) is 1. The van der Waals surface area contributed by atoms with Crippen LogP contribution in [0.4, 0.5) is 0 Å². The fourth-order valence-electron chi connectivity index (χ4n) is 2.90. The highest BCUT2D eigenvalue weighted by Crippen LogP contribution is 2.24. The molecule has 0 bridgehead atoms. The monoisotopic (exact) mass is 288 g/mol. The van der Waals surface area contributed by atoms with Crippen molar-refractivity contribution >= 4 is 16.9 Å². The molecule has 1 saturated heterocycles. The Morgan fingerprint density at radius 1 is 1.52 bits per heavy atom. The van der Waals surface area contributed by atoms with Crippen LogP contribution in [0.5, 0.6) is 0 Å². The summed E-state index contributed by atoms with van der Waals surface area (Å²) < 4.78 is 12.4. The molecule has 2 aromatic rings. The van der Waals surface area contributed by atoms with Crippen LogP contribution in [0.25, 0.3) is 10.9 Å². The third-order valence-electron chi connectivity index (χ3n) is 3.96. The van der Waals surface area contributed by atoms with Crippen molar-refractivity contribution < 1.29 is 14.3 Å². The average Bonchev–Trinajstić information content (AvgIpc) is 2.83. The predicted octanol–water partition coefficient (Wildman–Crippen LogP) is 1.50. The van der Waals surface area contributed by atoms with Gasteiger partial charge in [0.25, 0.3) is 0 Å². The molecule has 0 spiro atoms. The van der Waals surface area contributed by atoms with Gasteiger partial charge in [-0.3, -0.25) is 0 Å². The molecule has 0 amide bonds. The molecule has 1 aromatic carbocycles. The molecule has 1 aliphatic heterocycles. The lowest BCUT2D eigenvalue weighted by molar-refractivity contribution is 0.0601. The lowest BCUT2D eigenvalue weighted by atomic mass is 10.0. The molecule has 1 aromatic heterocycles. The van der Waals surface area contributed by atoms with Crippen molar-refractivity contribution in [3.63, 3.8) is 0 Å². The zero-order chi connectivity index (χ0) is 14.8. The molecule has 1 aliphatic rings. The Hall–Kier alpha value is -1.85. The lowest BCUT2D eigenvalue weighted by Crippen LogP contribution is -2.42. The Morgan fingerprint density at radius 2 is 2.38 bits per heavy atom. The number of nitrogens with zero attached hydrogens (tertiary/aromatic N) is 1. The number of fused-ring (bicyclic) bond motifs is 1. The molecule has 5 nitrogen and oxygen atoms in total. The van der Waals surface area contributed by atoms with Crippen LogP contribution in [0.3, 0.4) is 0 Å². The average molecular weight is 288 g/mol. The summed E-state index contributed by atoms with van der Waals surface area (Å²) >= 11 is 0. The molecule has 5 heteroatoms. The SMILES string of the molecule is COC(=O)c1ccc2c(c1)c(CC1COCCN1)cn2C. The van der Waals surface area contributed by atoms with E-state index in [2.05, 4.69) is 16.1 Å². The van der Waals surface area contributed by atoms with Gasteiger partial charge in [-0.2, -0.15) is 0 Å². The summed E-state index contributed by atoms with van der Waals surface area (Å²) in [6, 6.07) is 6.02. The van der Waals surface area contributed by atoms with Gasteiger partial charge in [0.1, 0.15) is 0 Å². The maximum Gasteiger partial charge on any atom is 0.337 e. The summed E-state index contributed by atoms with van der Waals surface area (Å²) in [5, 5.41) is 4.57.